The molecule has 0 radical (unpaired) electrons. The molecule has 1 aromatic heterocycles. The van der Waals surface area contributed by atoms with Crippen LogP contribution in [0, 0.1) is 11.3 Å². The molecule has 2 heterocycles. The van der Waals surface area contributed by atoms with Crippen molar-refractivity contribution in [2.45, 2.75) is 0 Å². The maximum Gasteiger partial charge on any atom is 0.268 e. The zero-order valence-corrected chi connectivity index (χ0v) is 26.7. The van der Waals surface area contributed by atoms with Crippen molar-refractivity contribution in [2.24, 2.45) is 0 Å². The predicted octanol–water partition coefficient (Wildman–Crippen LogP) is 10.5. The summed E-state index contributed by atoms with van der Waals surface area (Å²) in [7, 11) is 0. The Morgan fingerprint density at radius 3 is 1.90 bits per heavy atom. The molecule has 5 nitrogen and oxygen atoms in total. The van der Waals surface area contributed by atoms with Crippen LogP contribution in [-0.4, -0.2) is 16.4 Å². The van der Waals surface area contributed by atoms with E-state index >= 15 is 0 Å². The summed E-state index contributed by atoms with van der Waals surface area (Å²) in [5, 5.41) is 11.9. The number of imide groups is 1. The Balaban J connectivity index is 1.26. The number of nitrogens with zero attached hydrogens (tertiary/aromatic N) is 3. The highest BCUT2D eigenvalue weighted by molar-refractivity contribution is 6.36. The van der Waals surface area contributed by atoms with Crippen LogP contribution in [0.3, 0.4) is 0 Å². The molecule has 1 aliphatic heterocycles. The van der Waals surface area contributed by atoms with Gasteiger partial charge in [0.25, 0.3) is 11.8 Å². The summed E-state index contributed by atoms with van der Waals surface area (Å²) in [6.45, 7) is 0. The van der Waals surface area contributed by atoms with Crippen molar-refractivity contribution in [2.75, 3.05) is 4.90 Å². The zero-order chi connectivity index (χ0) is 33.8. The molecule has 0 spiro atoms. The molecule has 5 heteroatoms. The van der Waals surface area contributed by atoms with E-state index in [2.05, 4.69) is 28.8 Å². The lowest BCUT2D eigenvalue weighted by Crippen LogP contribution is -2.30. The minimum Gasteiger partial charge on any atom is -0.308 e. The minimum absolute atomic E-state index is 0.354. The number of nitriles is 1. The summed E-state index contributed by atoms with van der Waals surface area (Å²) in [4.78, 5) is 30.7. The summed E-state index contributed by atoms with van der Waals surface area (Å²) in [6.07, 6.45) is 0. The highest BCUT2D eigenvalue weighted by Crippen LogP contribution is 2.42. The average molecular weight is 642 g/mol. The molecular formula is C45H27N3O2. The van der Waals surface area contributed by atoms with E-state index in [0.29, 0.717) is 28.1 Å². The van der Waals surface area contributed by atoms with Crippen molar-refractivity contribution < 1.29 is 9.59 Å². The Kier molecular flexibility index (Phi) is 6.75. The lowest BCUT2D eigenvalue weighted by molar-refractivity contribution is 0.0926. The molecule has 0 saturated heterocycles. The molecule has 8 aromatic rings. The third kappa shape index (κ3) is 4.47. The number of anilines is 1. The van der Waals surface area contributed by atoms with Gasteiger partial charge in [-0.15, -0.1) is 0 Å². The predicted molar refractivity (Wildman–Crippen MR) is 199 cm³/mol. The molecule has 0 bridgehead atoms. The van der Waals surface area contributed by atoms with Crippen LogP contribution in [0.4, 0.5) is 5.69 Å². The third-order valence-corrected chi connectivity index (χ3v) is 9.60. The van der Waals surface area contributed by atoms with E-state index in [0.717, 1.165) is 55.2 Å². The molecule has 0 atom stereocenters. The largest absolute Gasteiger partial charge is 0.308 e. The molecule has 9 rings (SSSR count). The molecule has 50 heavy (non-hydrogen) atoms. The van der Waals surface area contributed by atoms with Gasteiger partial charge in [-0.2, -0.15) is 5.26 Å². The second kappa shape index (κ2) is 11.6. The van der Waals surface area contributed by atoms with Crippen molar-refractivity contribution in [3.05, 3.63) is 180 Å². The van der Waals surface area contributed by atoms with E-state index in [-0.39, 0.29) is 11.8 Å². The molecule has 0 aliphatic carbocycles. The van der Waals surface area contributed by atoms with Gasteiger partial charge >= 0.3 is 0 Å². The lowest BCUT2D eigenvalue weighted by atomic mass is 9.97. The van der Waals surface area contributed by atoms with Crippen molar-refractivity contribution in [1.29, 1.82) is 5.26 Å². The smallest absolute Gasteiger partial charge is 0.268 e. The van der Waals surface area contributed by atoms with Gasteiger partial charge in [-0.05, 0) is 64.2 Å². The molecule has 234 valence electrons. The summed E-state index contributed by atoms with van der Waals surface area (Å²) in [5.74, 6) is -0.737. The van der Waals surface area contributed by atoms with E-state index < -0.39 is 0 Å². The van der Waals surface area contributed by atoms with Gasteiger partial charge in [0, 0.05) is 16.3 Å². The number of para-hydroxylation sites is 1. The lowest BCUT2D eigenvalue weighted by Gasteiger charge is -2.20. The fourth-order valence-electron chi connectivity index (χ4n) is 7.29. The first-order chi connectivity index (χ1) is 24.6. The summed E-state index contributed by atoms with van der Waals surface area (Å²) in [6, 6.07) is 55.4. The molecule has 0 fully saturated rings. The molecule has 0 saturated carbocycles. The second-order valence-corrected chi connectivity index (χ2v) is 12.4. The number of carbonyl (C=O) groups excluding carboxylic acids is 2. The van der Waals surface area contributed by atoms with Crippen LogP contribution in [-0.2, 0) is 0 Å². The zero-order valence-electron chi connectivity index (χ0n) is 26.7. The summed E-state index contributed by atoms with van der Waals surface area (Å²) in [5.41, 5.74) is 9.56. The quantitative estimate of drug-likeness (QED) is 0.176. The van der Waals surface area contributed by atoms with Crippen LogP contribution in [0.5, 0.6) is 0 Å². The van der Waals surface area contributed by atoms with Crippen LogP contribution in [0.15, 0.2) is 164 Å². The Morgan fingerprint density at radius 2 is 1.10 bits per heavy atom. The number of hydrogen-bond acceptors (Lipinski definition) is 3. The van der Waals surface area contributed by atoms with Crippen molar-refractivity contribution in [3.63, 3.8) is 0 Å². The highest BCUT2D eigenvalue weighted by atomic mass is 16.2. The monoisotopic (exact) mass is 641 g/mol. The average Bonchev–Trinajstić information content (AvgIpc) is 3.65. The molecule has 2 amide bonds. The van der Waals surface area contributed by atoms with Gasteiger partial charge in [0.05, 0.1) is 45.2 Å². The Morgan fingerprint density at radius 1 is 0.440 bits per heavy atom. The first-order valence-corrected chi connectivity index (χ1v) is 16.4. The van der Waals surface area contributed by atoms with Crippen LogP contribution in [0.1, 0.15) is 26.3 Å². The standard InChI is InChI=1S/C45H27N3O2/c46-28-33-16-7-8-17-34(33)32-23-25-37-36-18-9-10-20-39(36)47(42(37)27-32)40-21-11-19-38-43(40)45(50)48(44(38)49)41-26-31(29-12-3-1-4-13-29)22-24-35(41)30-14-5-2-6-15-30/h1-27H. The van der Waals surface area contributed by atoms with Crippen molar-refractivity contribution in [1.82, 2.24) is 4.57 Å². The third-order valence-electron chi connectivity index (χ3n) is 9.60. The van der Waals surface area contributed by atoms with Crippen LogP contribution < -0.4 is 4.90 Å². The summed E-state index contributed by atoms with van der Waals surface area (Å²) < 4.78 is 2.08. The van der Waals surface area contributed by atoms with Gasteiger partial charge < -0.3 is 4.57 Å². The first-order valence-electron chi connectivity index (χ1n) is 16.4. The number of rotatable bonds is 5. The van der Waals surface area contributed by atoms with E-state index in [4.69, 9.17) is 0 Å². The number of benzene rings is 7. The molecule has 0 N–H and O–H groups in total. The Hall–Kier alpha value is -7.03. The molecular weight excluding hydrogens is 615 g/mol. The van der Waals surface area contributed by atoms with E-state index in [9.17, 15) is 14.9 Å². The van der Waals surface area contributed by atoms with Gasteiger partial charge in [-0.1, -0.05) is 127 Å². The van der Waals surface area contributed by atoms with Gasteiger partial charge in [0.15, 0.2) is 0 Å². The molecule has 0 unspecified atom stereocenters. The van der Waals surface area contributed by atoms with Crippen molar-refractivity contribution in [3.8, 4) is 45.1 Å². The van der Waals surface area contributed by atoms with Gasteiger partial charge in [-0.3, -0.25) is 9.59 Å². The Labute approximate surface area is 288 Å². The van der Waals surface area contributed by atoms with Gasteiger partial charge in [0.1, 0.15) is 0 Å². The number of amides is 2. The van der Waals surface area contributed by atoms with Crippen molar-refractivity contribution >= 4 is 39.3 Å². The Bertz CT molecular complexity index is 2700. The van der Waals surface area contributed by atoms with Crippen LogP contribution in [0.2, 0.25) is 0 Å². The summed E-state index contributed by atoms with van der Waals surface area (Å²) >= 11 is 0. The fraction of sp³-hybridized carbons (Fsp3) is 0. The first kappa shape index (κ1) is 29.1. The SMILES string of the molecule is N#Cc1ccccc1-c1ccc2c3ccccc3n(-c3cccc4c3C(=O)N(c3cc(-c5ccccc5)ccc3-c3ccccc3)C4=O)c2c1. The minimum atomic E-state index is -0.375. The van der Waals surface area contributed by atoms with E-state index in [1.54, 1.807) is 6.07 Å². The highest BCUT2D eigenvalue weighted by Gasteiger charge is 2.40. The fourth-order valence-corrected chi connectivity index (χ4v) is 7.29. The normalized spacial score (nSPS) is 12.4. The molecule has 7 aromatic carbocycles. The van der Waals surface area contributed by atoms with Gasteiger partial charge in [0.2, 0.25) is 0 Å². The van der Waals surface area contributed by atoms with Crippen LogP contribution in [0.25, 0.3) is 60.9 Å². The number of fused-ring (bicyclic) bond motifs is 4. The van der Waals surface area contributed by atoms with Gasteiger partial charge in [-0.25, -0.2) is 4.90 Å². The maximum absolute atomic E-state index is 14.9. The number of carbonyl (C=O) groups is 2. The van der Waals surface area contributed by atoms with E-state index in [1.807, 2.05) is 140 Å². The van der Waals surface area contributed by atoms with Crippen LogP contribution >= 0.6 is 0 Å². The van der Waals surface area contributed by atoms with E-state index in [1.165, 1.54) is 4.90 Å². The second-order valence-electron chi connectivity index (χ2n) is 12.4. The molecule has 1 aliphatic rings. The number of hydrogen-bond donors (Lipinski definition) is 0. The maximum atomic E-state index is 14.9. The number of aromatic nitrogens is 1. The topological polar surface area (TPSA) is 66.1 Å².